The summed E-state index contributed by atoms with van der Waals surface area (Å²) in [5.74, 6) is -1.73. The fourth-order valence-corrected chi connectivity index (χ4v) is 4.87. The summed E-state index contributed by atoms with van der Waals surface area (Å²) in [5, 5.41) is 18.4. The monoisotopic (exact) mass is 649 g/mol. The second-order valence-electron chi connectivity index (χ2n) is 11.5. The van der Waals surface area contributed by atoms with Gasteiger partial charge in [0.15, 0.2) is 0 Å². The molecule has 2 aromatic carbocycles. The lowest BCUT2D eigenvalue weighted by Crippen LogP contribution is -2.45. The Morgan fingerprint density at radius 1 is 0.809 bits per heavy atom. The molecule has 0 aliphatic rings. The Morgan fingerprint density at radius 3 is 2.17 bits per heavy atom. The molecule has 3 atom stereocenters. The van der Waals surface area contributed by atoms with Crippen molar-refractivity contribution in [3.8, 4) is 0 Å². The Bertz CT molecular complexity index is 1220. The molecule has 2 aromatic rings. The van der Waals surface area contributed by atoms with Crippen LogP contribution in [0.1, 0.15) is 68.9 Å². The minimum absolute atomic E-state index is 0.00472. The first kappa shape index (κ1) is 38.7. The third kappa shape index (κ3) is 17.7. The molecule has 0 aliphatic carbocycles. The summed E-state index contributed by atoms with van der Waals surface area (Å²) >= 11 is 0. The number of aliphatic hydroxyl groups is 1. The van der Waals surface area contributed by atoms with E-state index in [0.29, 0.717) is 38.6 Å². The van der Waals surface area contributed by atoms with Crippen molar-refractivity contribution in [2.45, 2.75) is 82.9 Å². The largest absolute Gasteiger partial charge is 0.463 e. The van der Waals surface area contributed by atoms with Gasteiger partial charge >= 0.3 is 12.1 Å². The number of unbranched alkanes of at least 4 members (excludes halogenated alkanes) is 3. The molecule has 10 heteroatoms. The first-order valence-corrected chi connectivity index (χ1v) is 16.4. The highest BCUT2D eigenvalue weighted by atomic mass is 16.5. The molecule has 4 N–H and O–H groups in total. The zero-order valence-corrected chi connectivity index (χ0v) is 27.4. The van der Waals surface area contributed by atoms with Gasteiger partial charge in [-0.1, -0.05) is 72.8 Å². The molecule has 0 unspecified atom stereocenters. The Labute approximate surface area is 279 Å². The van der Waals surface area contributed by atoms with Gasteiger partial charge in [-0.15, -0.1) is 13.2 Å². The lowest BCUT2D eigenvalue weighted by molar-refractivity contribution is -0.145. The summed E-state index contributed by atoms with van der Waals surface area (Å²) < 4.78 is 10.7. The van der Waals surface area contributed by atoms with E-state index in [0.717, 1.165) is 24.0 Å². The second kappa shape index (κ2) is 23.8. The van der Waals surface area contributed by atoms with Crippen LogP contribution in [0.3, 0.4) is 0 Å². The van der Waals surface area contributed by atoms with Crippen LogP contribution in [0.2, 0.25) is 0 Å². The van der Waals surface area contributed by atoms with Crippen LogP contribution in [0.4, 0.5) is 4.79 Å². The van der Waals surface area contributed by atoms with E-state index in [4.69, 9.17) is 9.47 Å². The summed E-state index contributed by atoms with van der Waals surface area (Å²) in [6, 6.07) is 17.9. The standard InChI is InChI=1S/C37H51N3O7/c1-3-5-6-13-22-35(43)46-28-32(21-14-15-23-38-37(45)47-27-30-19-11-8-12-20-30)40-36(44)31(16-4-2)25-34(42)39-33(26-41)24-29-17-9-7-10-18-29/h3-4,7-12,17-20,31-33,41H,1-2,5-6,13-16,21-28H2,(H,38,45)(H,39,42)(H,40,44)/t31-,32+,33-/m1/s1. The maximum absolute atomic E-state index is 13.4. The van der Waals surface area contributed by atoms with E-state index in [9.17, 15) is 24.3 Å². The molecular weight excluding hydrogens is 598 g/mol. The number of carbonyl (C=O) groups is 4. The van der Waals surface area contributed by atoms with Gasteiger partial charge in [-0.3, -0.25) is 14.4 Å². The predicted octanol–water partition coefficient (Wildman–Crippen LogP) is 5.16. The number of alkyl carbamates (subject to hydrolysis) is 1. The van der Waals surface area contributed by atoms with Gasteiger partial charge < -0.3 is 30.5 Å². The molecule has 0 aliphatic heterocycles. The first-order chi connectivity index (χ1) is 22.8. The average Bonchev–Trinajstić information content (AvgIpc) is 3.08. The van der Waals surface area contributed by atoms with Crippen molar-refractivity contribution in [2.24, 2.45) is 5.92 Å². The van der Waals surface area contributed by atoms with Gasteiger partial charge in [-0.05, 0) is 62.5 Å². The zero-order chi connectivity index (χ0) is 34.1. The summed E-state index contributed by atoms with van der Waals surface area (Å²) in [6.45, 7) is 7.75. The zero-order valence-electron chi connectivity index (χ0n) is 27.4. The number of aliphatic hydroxyl groups excluding tert-OH is 1. The Morgan fingerprint density at radius 2 is 1.51 bits per heavy atom. The van der Waals surface area contributed by atoms with Gasteiger partial charge in [0.1, 0.15) is 13.2 Å². The molecule has 0 heterocycles. The molecule has 0 aromatic heterocycles. The fourth-order valence-electron chi connectivity index (χ4n) is 4.87. The maximum atomic E-state index is 13.4. The lowest BCUT2D eigenvalue weighted by atomic mass is 9.98. The molecule has 256 valence electrons. The molecule has 0 radical (unpaired) electrons. The topological polar surface area (TPSA) is 143 Å². The van der Waals surface area contributed by atoms with Crippen LogP contribution in [-0.2, 0) is 36.9 Å². The number of nitrogens with one attached hydrogen (secondary N) is 3. The van der Waals surface area contributed by atoms with Crippen LogP contribution in [-0.4, -0.2) is 60.8 Å². The van der Waals surface area contributed by atoms with Crippen molar-refractivity contribution in [3.63, 3.8) is 0 Å². The van der Waals surface area contributed by atoms with Gasteiger partial charge in [-0.25, -0.2) is 4.79 Å². The summed E-state index contributed by atoms with van der Waals surface area (Å²) in [5.41, 5.74) is 1.87. The van der Waals surface area contributed by atoms with Crippen LogP contribution in [0, 0.1) is 5.92 Å². The predicted molar refractivity (Wildman–Crippen MR) is 182 cm³/mol. The van der Waals surface area contributed by atoms with E-state index in [-0.39, 0.29) is 56.9 Å². The summed E-state index contributed by atoms with van der Waals surface area (Å²) in [4.78, 5) is 50.7. The van der Waals surface area contributed by atoms with Crippen LogP contribution in [0.15, 0.2) is 86.0 Å². The normalized spacial score (nSPS) is 12.5. The van der Waals surface area contributed by atoms with Gasteiger partial charge in [0.05, 0.1) is 24.6 Å². The first-order valence-electron chi connectivity index (χ1n) is 16.4. The summed E-state index contributed by atoms with van der Waals surface area (Å²) in [7, 11) is 0. The lowest BCUT2D eigenvalue weighted by Gasteiger charge is -2.23. The molecule has 3 amide bonds. The molecule has 0 fully saturated rings. The van der Waals surface area contributed by atoms with Crippen molar-refractivity contribution in [2.75, 3.05) is 19.8 Å². The molecule has 0 spiro atoms. The highest BCUT2D eigenvalue weighted by Crippen LogP contribution is 2.13. The number of ether oxygens (including phenoxy) is 2. The maximum Gasteiger partial charge on any atom is 0.407 e. The number of hydrogen-bond donors (Lipinski definition) is 4. The van der Waals surface area contributed by atoms with Crippen molar-refractivity contribution < 1.29 is 33.8 Å². The molecular formula is C37H51N3O7. The molecule has 2 rings (SSSR count). The molecule has 0 saturated carbocycles. The summed E-state index contributed by atoms with van der Waals surface area (Å²) in [6.07, 6.45) is 7.89. The van der Waals surface area contributed by atoms with Crippen LogP contribution in [0.25, 0.3) is 0 Å². The SMILES string of the molecule is C=CCCCCC(=O)OC[C@H](CCCCNC(=O)OCc1ccccc1)NC(=O)[C@H](CC=C)CC(=O)N[C@@H](CO)Cc1ccccc1. The number of rotatable bonds is 24. The number of esters is 1. The number of allylic oxidation sites excluding steroid dienone is 2. The number of benzene rings is 2. The minimum atomic E-state index is -0.693. The van der Waals surface area contributed by atoms with Gasteiger partial charge in [0, 0.05) is 19.4 Å². The van der Waals surface area contributed by atoms with Crippen molar-refractivity contribution in [1.29, 1.82) is 0 Å². The number of amides is 3. The highest BCUT2D eigenvalue weighted by molar-refractivity contribution is 5.86. The van der Waals surface area contributed by atoms with Crippen molar-refractivity contribution in [3.05, 3.63) is 97.1 Å². The smallest absolute Gasteiger partial charge is 0.407 e. The Balaban J connectivity index is 1.89. The Kier molecular flexibility index (Phi) is 19.6. The van der Waals surface area contributed by atoms with E-state index in [2.05, 4.69) is 29.1 Å². The van der Waals surface area contributed by atoms with E-state index in [1.54, 1.807) is 6.08 Å². The third-order valence-corrected chi connectivity index (χ3v) is 7.46. The Hall–Kier alpha value is -4.44. The van der Waals surface area contributed by atoms with Gasteiger partial charge in [0.25, 0.3) is 0 Å². The van der Waals surface area contributed by atoms with Crippen LogP contribution >= 0.6 is 0 Å². The number of carbonyl (C=O) groups excluding carboxylic acids is 4. The van der Waals surface area contributed by atoms with E-state index in [1.165, 1.54) is 0 Å². The molecule has 0 bridgehead atoms. The second-order valence-corrected chi connectivity index (χ2v) is 11.5. The van der Waals surface area contributed by atoms with Gasteiger partial charge in [0.2, 0.25) is 11.8 Å². The van der Waals surface area contributed by atoms with E-state index < -0.39 is 24.1 Å². The quantitative estimate of drug-likeness (QED) is 0.0699. The van der Waals surface area contributed by atoms with Crippen LogP contribution < -0.4 is 16.0 Å². The fraction of sp³-hybridized carbons (Fsp3) is 0.459. The van der Waals surface area contributed by atoms with Crippen molar-refractivity contribution >= 4 is 23.9 Å². The third-order valence-electron chi connectivity index (χ3n) is 7.46. The number of hydrogen-bond acceptors (Lipinski definition) is 7. The average molecular weight is 650 g/mol. The highest BCUT2D eigenvalue weighted by Gasteiger charge is 2.25. The molecule has 0 saturated heterocycles. The minimum Gasteiger partial charge on any atom is -0.463 e. The molecule has 47 heavy (non-hydrogen) atoms. The van der Waals surface area contributed by atoms with Crippen LogP contribution in [0.5, 0.6) is 0 Å². The van der Waals surface area contributed by atoms with Gasteiger partial charge in [-0.2, -0.15) is 0 Å². The van der Waals surface area contributed by atoms with Crippen molar-refractivity contribution in [1.82, 2.24) is 16.0 Å². The van der Waals surface area contributed by atoms with E-state index in [1.807, 2.05) is 66.7 Å². The van der Waals surface area contributed by atoms with E-state index >= 15 is 0 Å². The molecule has 10 nitrogen and oxygen atoms in total.